The van der Waals surface area contributed by atoms with Gasteiger partial charge in [0.2, 0.25) is 0 Å². The van der Waals surface area contributed by atoms with Crippen LogP contribution in [-0.4, -0.2) is 31.5 Å². The van der Waals surface area contributed by atoms with Crippen molar-refractivity contribution < 1.29 is 13.6 Å². The van der Waals surface area contributed by atoms with Crippen LogP contribution in [0.25, 0.3) is 10.9 Å². The van der Waals surface area contributed by atoms with Gasteiger partial charge >= 0.3 is 0 Å². The Kier molecular flexibility index (Phi) is 5.71. The molecule has 158 valence electrons. The third-order valence-corrected chi connectivity index (χ3v) is 5.45. The Bertz CT molecular complexity index is 1220. The molecule has 1 heterocycles. The lowest BCUT2D eigenvalue weighted by Crippen LogP contribution is -2.29. The zero-order valence-electron chi connectivity index (χ0n) is 17.3. The molecule has 6 heteroatoms. The van der Waals surface area contributed by atoms with E-state index < -0.39 is 17.5 Å². The number of rotatable bonds is 6. The van der Waals surface area contributed by atoms with E-state index in [2.05, 4.69) is 10.3 Å². The number of para-hydroxylation sites is 1. The summed E-state index contributed by atoms with van der Waals surface area (Å²) in [5.74, 6) is -2.23. The second kappa shape index (κ2) is 8.60. The van der Waals surface area contributed by atoms with Crippen molar-refractivity contribution >= 4 is 22.5 Å². The van der Waals surface area contributed by atoms with Crippen LogP contribution in [-0.2, 0) is 0 Å². The summed E-state index contributed by atoms with van der Waals surface area (Å²) in [5, 5.41) is 3.84. The minimum atomic E-state index is -0.752. The molecule has 0 saturated carbocycles. The Morgan fingerprint density at radius 1 is 1.03 bits per heavy atom. The van der Waals surface area contributed by atoms with Crippen LogP contribution in [0.2, 0.25) is 0 Å². The average molecular weight is 419 g/mol. The molecule has 0 bridgehead atoms. The van der Waals surface area contributed by atoms with Gasteiger partial charge in [0.15, 0.2) is 0 Å². The summed E-state index contributed by atoms with van der Waals surface area (Å²) in [6, 6.07) is 18.9. The number of carbonyl (C=O) groups is 1. The van der Waals surface area contributed by atoms with E-state index in [0.29, 0.717) is 0 Å². The SMILES string of the molecule is CN(C)c1ccc([C@@H](CNC(=O)c2cc(F)ccc2F)c2c[nH]c3ccccc23)cc1. The molecule has 0 fully saturated rings. The van der Waals surface area contributed by atoms with Gasteiger partial charge in [0.25, 0.3) is 5.91 Å². The molecule has 0 saturated heterocycles. The van der Waals surface area contributed by atoms with Crippen LogP contribution in [0, 0.1) is 11.6 Å². The summed E-state index contributed by atoms with van der Waals surface area (Å²) in [4.78, 5) is 17.9. The predicted octanol–water partition coefficient (Wildman–Crippen LogP) is 5.07. The Labute approximate surface area is 179 Å². The molecule has 1 aromatic heterocycles. The highest BCUT2D eigenvalue weighted by molar-refractivity contribution is 5.94. The molecule has 0 aliphatic carbocycles. The quantitative estimate of drug-likeness (QED) is 0.458. The highest BCUT2D eigenvalue weighted by Crippen LogP contribution is 2.31. The van der Waals surface area contributed by atoms with Crippen molar-refractivity contribution in [2.75, 3.05) is 25.5 Å². The van der Waals surface area contributed by atoms with Crippen LogP contribution in [0.4, 0.5) is 14.5 Å². The first-order chi connectivity index (χ1) is 14.9. The molecule has 4 rings (SSSR count). The molecule has 0 aliphatic rings. The van der Waals surface area contributed by atoms with Crippen molar-refractivity contribution in [1.82, 2.24) is 10.3 Å². The van der Waals surface area contributed by atoms with Crippen molar-refractivity contribution in [3.05, 3.63) is 101 Å². The van der Waals surface area contributed by atoms with Crippen LogP contribution < -0.4 is 10.2 Å². The van der Waals surface area contributed by atoms with E-state index in [4.69, 9.17) is 0 Å². The highest BCUT2D eigenvalue weighted by Gasteiger charge is 2.21. The van der Waals surface area contributed by atoms with E-state index >= 15 is 0 Å². The molecule has 1 amide bonds. The second-order valence-corrected chi connectivity index (χ2v) is 7.66. The fourth-order valence-corrected chi connectivity index (χ4v) is 3.76. The van der Waals surface area contributed by atoms with Crippen molar-refractivity contribution in [3.63, 3.8) is 0 Å². The number of benzene rings is 3. The maximum absolute atomic E-state index is 14.0. The van der Waals surface area contributed by atoms with Crippen LogP contribution in [0.15, 0.2) is 72.9 Å². The number of aromatic nitrogens is 1. The first-order valence-electron chi connectivity index (χ1n) is 10.0. The van der Waals surface area contributed by atoms with E-state index in [-0.39, 0.29) is 18.0 Å². The van der Waals surface area contributed by atoms with Crippen LogP contribution in [0.3, 0.4) is 0 Å². The van der Waals surface area contributed by atoms with Gasteiger partial charge in [-0.05, 0) is 47.5 Å². The number of amides is 1. The zero-order valence-corrected chi connectivity index (χ0v) is 17.3. The maximum atomic E-state index is 14.0. The van der Waals surface area contributed by atoms with E-state index in [1.54, 1.807) is 0 Å². The fourth-order valence-electron chi connectivity index (χ4n) is 3.76. The van der Waals surface area contributed by atoms with E-state index in [9.17, 15) is 13.6 Å². The molecule has 31 heavy (non-hydrogen) atoms. The van der Waals surface area contributed by atoms with Gasteiger partial charge in [0.1, 0.15) is 11.6 Å². The number of halogens is 2. The number of aromatic amines is 1. The Hall–Kier alpha value is -3.67. The molecule has 0 unspecified atom stereocenters. The summed E-state index contributed by atoms with van der Waals surface area (Å²) >= 11 is 0. The highest BCUT2D eigenvalue weighted by atomic mass is 19.1. The number of fused-ring (bicyclic) bond motifs is 1. The molecular formula is C25H23F2N3O. The summed E-state index contributed by atoms with van der Waals surface area (Å²) in [6.07, 6.45) is 1.93. The molecule has 2 N–H and O–H groups in total. The van der Waals surface area contributed by atoms with Crippen molar-refractivity contribution in [2.24, 2.45) is 0 Å². The summed E-state index contributed by atoms with van der Waals surface area (Å²) in [7, 11) is 3.94. The Morgan fingerprint density at radius 2 is 1.77 bits per heavy atom. The predicted molar refractivity (Wildman–Crippen MR) is 120 cm³/mol. The van der Waals surface area contributed by atoms with E-state index in [1.165, 1.54) is 0 Å². The van der Waals surface area contributed by atoms with Crippen molar-refractivity contribution in [2.45, 2.75) is 5.92 Å². The molecule has 0 radical (unpaired) electrons. The van der Waals surface area contributed by atoms with Gasteiger partial charge in [-0.15, -0.1) is 0 Å². The van der Waals surface area contributed by atoms with E-state index in [0.717, 1.165) is 45.9 Å². The van der Waals surface area contributed by atoms with E-state index in [1.807, 2.05) is 73.7 Å². The number of hydrogen-bond donors (Lipinski definition) is 2. The van der Waals surface area contributed by atoms with Gasteiger partial charge in [0.05, 0.1) is 5.56 Å². The number of carbonyl (C=O) groups excluding carboxylic acids is 1. The van der Waals surface area contributed by atoms with Gasteiger partial charge in [-0.1, -0.05) is 30.3 Å². The Morgan fingerprint density at radius 3 is 2.52 bits per heavy atom. The van der Waals surface area contributed by atoms with Gasteiger partial charge < -0.3 is 15.2 Å². The first-order valence-corrected chi connectivity index (χ1v) is 10.0. The lowest BCUT2D eigenvalue weighted by molar-refractivity contribution is 0.0948. The van der Waals surface area contributed by atoms with Crippen LogP contribution in [0.5, 0.6) is 0 Å². The summed E-state index contributed by atoms with van der Waals surface area (Å²) in [5.41, 5.74) is 3.78. The third kappa shape index (κ3) is 4.28. The molecular weight excluding hydrogens is 396 g/mol. The monoisotopic (exact) mass is 419 g/mol. The van der Waals surface area contributed by atoms with Gasteiger partial charge in [0, 0.05) is 49.3 Å². The average Bonchev–Trinajstić information content (AvgIpc) is 3.20. The standard InChI is InChI=1S/C25H23F2N3O/c1-30(2)18-10-7-16(8-11-18)21(22-15-28-24-6-4-3-5-19(22)24)14-29-25(31)20-13-17(26)9-12-23(20)27/h3-13,15,21,28H,14H2,1-2H3,(H,29,31)/t21-/m1/s1. The topological polar surface area (TPSA) is 48.1 Å². The summed E-state index contributed by atoms with van der Waals surface area (Å²) in [6.45, 7) is 0.234. The van der Waals surface area contributed by atoms with Crippen molar-refractivity contribution in [3.8, 4) is 0 Å². The normalized spacial score (nSPS) is 12.0. The minimum absolute atomic E-state index is 0.173. The number of nitrogens with one attached hydrogen (secondary N) is 2. The smallest absolute Gasteiger partial charge is 0.254 e. The molecule has 3 aromatic carbocycles. The minimum Gasteiger partial charge on any atom is -0.378 e. The number of H-pyrrole nitrogens is 1. The van der Waals surface area contributed by atoms with Crippen LogP contribution >= 0.6 is 0 Å². The van der Waals surface area contributed by atoms with Gasteiger partial charge in [-0.25, -0.2) is 8.78 Å². The third-order valence-electron chi connectivity index (χ3n) is 5.45. The summed E-state index contributed by atoms with van der Waals surface area (Å²) < 4.78 is 27.5. The van der Waals surface area contributed by atoms with Crippen molar-refractivity contribution in [1.29, 1.82) is 0 Å². The molecule has 1 atom stereocenters. The van der Waals surface area contributed by atoms with Crippen LogP contribution in [0.1, 0.15) is 27.4 Å². The second-order valence-electron chi connectivity index (χ2n) is 7.66. The molecule has 0 aliphatic heterocycles. The zero-order chi connectivity index (χ0) is 22.0. The number of anilines is 1. The number of nitrogens with zero attached hydrogens (tertiary/aromatic N) is 1. The van der Waals surface area contributed by atoms with Gasteiger partial charge in [-0.2, -0.15) is 0 Å². The Balaban J connectivity index is 1.67. The lowest BCUT2D eigenvalue weighted by atomic mass is 9.90. The first kappa shape index (κ1) is 20.6. The van der Waals surface area contributed by atoms with Gasteiger partial charge in [-0.3, -0.25) is 4.79 Å². The lowest BCUT2D eigenvalue weighted by Gasteiger charge is -2.20. The molecule has 4 aromatic rings. The molecule has 4 nitrogen and oxygen atoms in total. The molecule has 0 spiro atoms. The fraction of sp³-hybridized carbons (Fsp3) is 0.160. The maximum Gasteiger partial charge on any atom is 0.254 e. The largest absolute Gasteiger partial charge is 0.378 e. The number of hydrogen-bond acceptors (Lipinski definition) is 2.